The third kappa shape index (κ3) is 3.22. The lowest BCUT2D eigenvalue weighted by Crippen LogP contribution is -2.46. The zero-order chi connectivity index (χ0) is 12.1. The molecule has 1 atom stereocenters. The molecule has 1 unspecified atom stereocenters. The van der Waals surface area contributed by atoms with E-state index in [2.05, 4.69) is 5.32 Å². The normalized spacial score (nSPS) is 21.0. The molecule has 0 aromatic carbocycles. The second kappa shape index (κ2) is 5.87. The van der Waals surface area contributed by atoms with Crippen molar-refractivity contribution in [1.82, 2.24) is 10.2 Å². The number of carbonyl (C=O) groups excluding carboxylic acids is 2. The van der Waals surface area contributed by atoms with E-state index in [1.807, 2.05) is 25.7 Å². The van der Waals surface area contributed by atoms with Gasteiger partial charge in [0, 0.05) is 25.6 Å². The molecule has 0 radical (unpaired) electrons. The monoisotopic (exact) mass is 226 g/mol. The van der Waals surface area contributed by atoms with Gasteiger partial charge in [0.25, 0.3) is 0 Å². The van der Waals surface area contributed by atoms with Gasteiger partial charge in [-0.1, -0.05) is 13.8 Å². The first-order valence-electron chi connectivity index (χ1n) is 6.12. The molecule has 1 aliphatic rings. The van der Waals surface area contributed by atoms with E-state index in [0.717, 1.165) is 19.4 Å². The van der Waals surface area contributed by atoms with Crippen molar-refractivity contribution in [2.45, 2.75) is 33.6 Å². The summed E-state index contributed by atoms with van der Waals surface area (Å²) in [7, 11) is 0. The molecule has 0 bridgehead atoms. The molecule has 92 valence electrons. The van der Waals surface area contributed by atoms with E-state index in [-0.39, 0.29) is 23.7 Å². The Morgan fingerprint density at radius 1 is 1.44 bits per heavy atom. The molecule has 4 heteroatoms. The van der Waals surface area contributed by atoms with Crippen molar-refractivity contribution in [2.24, 2.45) is 11.8 Å². The molecule has 0 aromatic heterocycles. The van der Waals surface area contributed by atoms with Crippen LogP contribution >= 0.6 is 0 Å². The number of hydrogen-bond donors (Lipinski definition) is 1. The summed E-state index contributed by atoms with van der Waals surface area (Å²) >= 11 is 0. The molecular formula is C12H22N2O2. The molecule has 1 N–H and O–H groups in total. The molecule has 0 aromatic rings. The second-order valence-electron chi connectivity index (χ2n) is 4.67. The van der Waals surface area contributed by atoms with Crippen molar-refractivity contribution in [3.8, 4) is 0 Å². The summed E-state index contributed by atoms with van der Waals surface area (Å²) in [5.41, 5.74) is 0. The van der Waals surface area contributed by atoms with Gasteiger partial charge in [0.2, 0.25) is 11.8 Å². The average molecular weight is 226 g/mol. The van der Waals surface area contributed by atoms with E-state index in [9.17, 15) is 9.59 Å². The number of likely N-dealkylation sites (tertiary alicyclic amines) is 1. The Kier molecular flexibility index (Phi) is 4.77. The zero-order valence-corrected chi connectivity index (χ0v) is 10.5. The topological polar surface area (TPSA) is 49.4 Å². The minimum absolute atomic E-state index is 0.0172. The Morgan fingerprint density at radius 3 is 2.69 bits per heavy atom. The molecule has 0 spiro atoms. The van der Waals surface area contributed by atoms with Gasteiger partial charge in [0.05, 0.1) is 5.92 Å². The van der Waals surface area contributed by atoms with Gasteiger partial charge in [0.15, 0.2) is 0 Å². The van der Waals surface area contributed by atoms with Crippen LogP contribution in [0.3, 0.4) is 0 Å². The van der Waals surface area contributed by atoms with Crippen LogP contribution in [0.25, 0.3) is 0 Å². The fraction of sp³-hybridized carbons (Fsp3) is 0.833. The Bertz CT molecular complexity index is 264. The van der Waals surface area contributed by atoms with Crippen molar-refractivity contribution in [3.63, 3.8) is 0 Å². The molecular weight excluding hydrogens is 204 g/mol. The molecule has 0 aliphatic carbocycles. The Balaban J connectivity index is 2.53. The maximum Gasteiger partial charge on any atom is 0.225 e. The lowest BCUT2D eigenvalue weighted by molar-refractivity contribution is -0.138. The highest BCUT2D eigenvalue weighted by Crippen LogP contribution is 2.18. The Labute approximate surface area is 97.4 Å². The van der Waals surface area contributed by atoms with Gasteiger partial charge in [-0.25, -0.2) is 0 Å². The quantitative estimate of drug-likeness (QED) is 0.781. The van der Waals surface area contributed by atoms with Crippen molar-refractivity contribution >= 4 is 11.8 Å². The van der Waals surface area contributed by atoms with Crippen molar-refractivity contribution < 1.29 is 9.59 Å². The Hall–Kier alpha value is -1.06. The number of carbonyl (C=O) groups is 2. The minimum atomic E-state index is -0.0172. The van der Waals surface area contributed by atoms with Gasteiger partial charge >= 0.3 is 0 Å². The predicted molar refractivity (Wildman–Crippen MR) is 62.8 cm³/mol. The van der Waals surface area contributed by atoms with E-state index in [1.54, 1.807) is 0 Å². The molecule has 1 fully saturated rings. The van der Waals surface area contributed by atoms with Gasteiger partial charge in [-0.2, -0.15) is 0 Å². The van der Waals surface area contributed by atoms with Crippen molar-refractivity contribution in [1.29, 1.82) is 0 Å². The number of piperidine rings is 1. The summed E-state index contributed by atoms with van der Waals surface area (Å²) in [4.78, 5) is 25.3. The fourth-order valence-electron chi connectivity index (χ4n) is 2.08. The highest BCUT2D eigenvalue weighted by molar-refractivity contribution is 5.82. The highest BCUT2D eigenvalue weighted by Gasteiger charge is 2.28. The summed E-state index contributed by atoms with van der Waals surface area (Å²) in [6, 6.07) is 0. The van der Waals surface area contributed by atoms with Crippen molar-refractivity contribution in [2.75, 3.05) is 19.6 Å². The number of nitrogens with one attached hydrogen (secondary N) is 1. The summed E-state index contributed by atoms with van der Waals surface area (Å²) in [6.45, 7) is 7.76. The van der Waals surface area contributed by atoms with Crippen LogP contribution in [0, 0.1) is 11.8 Å². The molecule has 1 heterocycles. The van der Waals surface area contributed by atoms with Gasteiger partial charge in [0.1, 0.15) is 0 Å². The van der Waals surface area contributed by atoms with Crippen LogP contribution in [0.2, 0.25) is 0 Å². The largest absolute Gasteiger partial charge is 0.356 e. The van der Waals surface area contributed by atoms with E-state index in [0.29, 0.717) is 13.1 Å². The van der Waals surface area contributed by atoms with Crippen molar-refractivity contribution in [3.05, 3.63) is 0 Å². The first kappa shape index (κ1) is 13.0. The van der Waals surface area contributed by atoms with Crippen LogP contribution in [0.5, 0.6) is 0 Å². The maximum atomic E-state index is 11.8. The first-order chi connectivity index (χ1) is 7.56. The van der Waals surface area contributed by atoms with Gasteiger partial charge in [-0.3, -0.25) is 9.59 Å². The van der Waals surface area contributed by atoms with E-state index in [4.69, 9.17) is 0 Å². The van der Waals surface area contributed by atoms with Crippen LogP contribution in [0.15, 0.2) is 0 Å². The number of nitrogens with zero attached hydrogens (tertiary/aromatic N) is 1. The third-order valence-corrected chi connectivity index (χ3v) is 2.95. The third-order valence-electron chi connectivity index (χ3n) is 2.95. The molecule has 1 rings (SSSR count). The lowest BCUT2D eigenvalue weighted by atomic mass is 9.96. The van der Waals surface area contributed by atoms with Crippen LogP contribution in [0.4, 0.5) is 0 Å². The van der Waals surface area contributed by atoms with E-state index < -0.39 is 0 Å². The lowest BCUT2D eigenvalue weighted by Gasteiger charge is -2.33. The van der Waals surface area contributed by atoms with Gasteiger partial charge in [-0.15, -0.1) is 0 Å². The number of amides is 2. The summed E-state index contributed by atoms with van der Waals surface area (Å²) in [5, 5.41) is 2.83. The maximum absolute atomic E-state index is 11.8. The minimum Gasteiger partial charge on any atom is -0.356 e. The fourth-order valence-corrected chi connectivity index (χ4v) is 2.08. The van der Waals surface area contributed by atoms with Crippen LogP contribution in [0.1, 0.15) is 33.6 Å². The molecule has 0 saturated carbocycles. The smallest absolute Gasteiger partial charge is 0.225 e. The van der Waals surface area contributed by atoms with Crippen LogP contribution in [-0.2, 0) is 9.59 Å². The van der Waals surface area contributed by atoms with E-state index >= 15 is 0 Å². The van der Waals surface area contributed by atoms with Crippen LogP contribution < -0.4 is 5.32 Å². The Morgan fingerprint density at radius 2 is 2.12 bits per heavy atom. The summed E-state index contributed by atoms with van der Waals surface area (Å²) < 4.78 is 0. The predicted octanol–water partition coefficient (Wildman–Crippen LogP) is 1.02. The van der Waals surface area contributed by atoms with E-state index in [1.165, 1.54) is 0 Å². The summed E-state index contributed by atoms with van der Waals surface area (Å²) in [5.74, 6) is 0.252. The molecule has 2 amide bonds. The molecule has 16 heavy (non-hydrogen) atoms. The number of hydrogen-bond acceptors (Lipinski definition) is 2. The molecule has 4 nitrogen and oxygen atoms in total. The van der Waals surface area contributed by atoms with Crippen LogP contribution in [-0.4, -0.2) is 36.3 Å². The highest BCUT2D eigenvalue weighted by atomic mass is 16.2. The SMILES string of the molecule is CCNC(=O)C1CCCN(C(=O)C(C)C)C1. The number of rotatable bonds is 3. The molecule has 1 aliphatic heterocycles. The zero-order valence-electron chi connectivity index (χ0n) is 10.5. The summed E-state index contributed by atoms with van der Waals surface area (Å²) in [6.07, 6.45) is 1.83. The second-order valence-corrected chi connectivity index (χ2v) is 4.67. The van der Waals surface area contributed by atoms with Gasteiger partial charge < -0.3 is 10.2 Å². The molecule has 1 saturated heterocycles. The van der Waals surface area contributed by atoms with Gasteiger partial charge in [-0.05, 0) is 19.8 Å². The first-order valence-corrected chi connectivity index (χ1v) is 6.12. The average Bonchev–Trinajstić information content (AvgIpc) is 2.28. The standard InChI is InChI=1S/C12H22N2O2/c1-4-13-11(15)10-6-5-7-14(8-10)12(16)9(2)3/h9-10H,4-8H2,1-3H3,(H,13,15).